The molecule has 1 saturated carbocycles. The number of amides is 2. The van der Waals surface area contributed by atoms with Gasteiger partial charge in [-0.25, -0.2) is 0 Å². The van der Waals surface area contributed by atoms with Crippen molar-refractivity contribution >= 4 is 35.1 Å². The Morgan fingerprint density at radius 1 is 1.39 bits per heavy atom. The molecule has 2 rings (SSSR count). The molecule has 0 spiro atoms. The molecule has 2 N–H and O–H groups in total. The van der Waals surface area contributed by atoms with Gasteiger partial charge < -0.3 is 15.3 Å². The second-order valence-electron chi connectivity index (χ2n) is 5.80. The van der Waals surface area contributed by atoms with Crippen LogP contribution in [0.15, 0.2) is 18.2 Å². The molecule has 0 radical (unpaired) electrons. The van der Waals surface area contributed by atoms with Crippen molar-refractivity contribution in [3.05, 3.63) is 28.8 Å². The lowest BCUT2D eigenvalue weighted by Gasteiger charge is -2.25. The van der Waals surface area contributed by atoms with E-state index in [2.05, 4.69) is 5.32 Å². The highest BCUT2D eigenvalue weighted by atomic mass is 35.5. The molecule has 1 aromatic rings. The first kappa shape index (κ1) is 17.3. The molecule has 1 fully saturated rings. The number of carbonyl (C=O) groups excluding carboxylic acids is 2. The fourth-order valence-corrected chi connectivity index (χ4v) is 2.48. The summed E-state index contributed by atoms with van der Waals surface area (Å²) in [7, 11) is 0. The topological polar surface area (TPSA) is 86.7 Å². The SMILES string of the molecule is CC(=O)Nc1ccc(Cl)c(C(=O)N(CC(C)C(=O)O)C2CC2)c1. The van der Waals surface area contributed by atoms with E-state index in [1.807, 2.05) is 0 Å². The molecule has 2 amide bonds. The van der Waals surface area contributed by atoms with Crippen LogP contribution < -0.4 is 5.32 Å². The van der Waals surface area contributed by atoms with Crippen molar-refractivity contribution in [3.63, 3.8) is 0 Å². The summed E-state index contributed by atoms with van der Waals surface area (Å²) >= 11 is 6.12. The zero-order valence-electron chi connectivity index (χ0n) is 13.0. The first-order valence-electron chi connectivity index (χ1n) is 7.40. The lowest BCUT2D eigenvalue weighted by Crippen LogP contribution is -2.38. The Morgan fingerprint density at radius 2 is 2.04 bits per heavy atom. The standard InChI is InChI=1S/C16H19ClN2O4/c1-9(16(22)23)8-19(12-4-5-12)15(21)13-7-11(18-10(2)20)3-6-14(13)17/h3,6-7,9,12H,4-5,8H2,1-2H3,(H,18,20)(H,22,23). The van der Waals surface area contributed by atoms with Crippen molar-refractivity contribution in [3.8, 4) is 0 Å². The van der Waals surface area contributed by atoms with Crippen molar-refractivity contribution in [1.82, 2.24) is 4.90 Å². The van der Waals surface area contributed by atoms with Gasteiger partial charge in [-0.1, -0.05) is 18.5 Å². The minimum atomic E-state index is -0.943. The molecule has 0 aliphatic heterocycles. The van der Waals surface area contributed by atoms with Gasteiger partial charge in [-0.3, -0.25) is 14.4 Å². The van der Waals surface area contributed by atoms with Gasteiger partial charge >= 0.3 is 5.97 Å². The lowest BCUT2D eigenvalue weighted by molar-refractivity contribution is -0.141. The number of carboxylic acid groups (broad SMARTS) is 1. The molecule has 6 nitrogen and oxygen atoms in total. The molecular weight excluding hydrogens is 320 g/mol. The molecule has 7 heteroatoms. The number of rotatable bonds is 6. The van der Waals surface area contributed by atoms with E-state index in [1.54, 1.807) is 24.0 Å². The predicted octanol–water partition coefficient (Wildman–Crippen LogP) is 2.62. The van der Waals surface area contributed by atoms with E-state index in [0.29, 0.717) is 5.69 Å². The van der Waals surface area contributed by atoms with Crippen LogP contribution in [0.4, 0.5) is 5.69 Å². The average molecular weight is 339 g/mol. The van der Waals surface area contributed by atoms with Crippen molar-refractivity contribution in [2.75, 3.05) is 11.9 Å². The largest absolute Gasteiger partial charge is 0.481 e. The summed E-state index contributed by atoms with van der Waals surface area (Å²) in [5.74, 6) is -2.15. The van der Waals surface area contributed by atoms with Crippen LogP contribution in [0.2, 0.25) is 5.02 Å². The summed E-state index contributed by atoms with van der Waals surface area (Å²) in [6, 6.07) is 4.74. The first-order chi connectivity index (χ1) is 10.8. The van der Waals surface area contributed by atoms with Crippen molar-refractivity contribution in [2.24, 2.45) is 5.92 Å². The van der Waals surface area contributed by atoms with Gasteiger partial charge in [0.25, 0.3) is 5.91 Å². The number of hydrogen-bond donors (Lipinski definition) is 2. The number of nitrogens with zero attached hydrogens (tertiary/aromatic N) is 1. The smallest absolute Gasteiger partial charge is 0.308 e. The molecule has 23 heavy (non-hydrogen) atoms. The molecule has 0 saturated heterocycles. The Hall–Kier alpha value is -2.08. The summed E-state index contributed by atoms with van der Waals surface area (Å²) in [6.07, 6.45) is 1.72. The zero-order chi connectivity index (χ0) is 17.1. The van der Waals surface area contributed by atoms with Crippen LogP contribution in [-0.2, 0) is 9.59 Å². The molecule has 0 aromatic heterocycles. The van der Waals surface area contributed by atoms with Crippen LogP contribution in [0.5, 0.6) is 0 Å². The fourth-order valence-electron chi connectivity index (χ4n) is 2.28. The van der Waals surface area contributed by atoms with Gasteiger partial charge in [0.05, 0.1) is 16.5 Å². The average Bonchev–Trinajstić information content (AvgIpc) is 3.29. The maximum absolute atomic E-state index is 12.8. The van der Waals surface area contributed by atoms with Crippen molar-refractivity contribution < 1.29 is 19.5 Å². The number of benzene rings is 1. The summed E-state index contributed by atoms with van der Waals surface area (Å²) in [6.45, 7) is 3.08. The maximum Gasteiger partial charge on any atom is 0.308 e. The second kappa shape index (κ2) is 7.00. The van der Waals surface area contributed by atoms with Crippen molar-refractivity contribution in [1.29, 1.82) is 0 Å². The molecule has 1 aliphatic rings. The third-order valence-electron chi connectivity index (χ3n) is 3.66. The molecule has 1 atom stereocenters. The summed E-state index contributed by atoms with van der Waals surface area (Å²) in [4.78, 5) is 36.6. The van der Waals surface area contributed by atoms with Gasteiger partial charge in [-0.2, -0.15) is 0 Å². The Morgan fingerprint density at radius 3 is 2.57 bits per heavy atom. The Bertz CT molecular complexity index is 643. The second-order valence-corrected chi connectivity index (χ2v) is 6.21. The quantitative estimate of drug-likeness (QED) is 0.834. The van der Waals surface area contributed by atoms with Gasteiger partial charge in [-0.05, 0) is 31.0 Å². The van der Waals surface area contributed by atoms with Crippen LogP contribution in [0.25, 0.3) is 0 Å². The predicted molar refractivity (Wildman–Crippen MR) is 86.6 cm³/mol. The van der Waals surface area contributed by atoms with Gasteiger partial charge in [-0.15, -0.1) is 0 Å². The number of halogens is 1. The molecule has 124 valence electrons. The highest BCUT2D eigenvalue weighted by molar-refractivity contribution is 6.34. The number of carbonyl (C=O) groups is 3. The maximum atomic E-state index is 12.8. The molecule has 1 aliphatic carbocycles. The number of anilines is 1. The third kappa shape index (κ3) is 4.45. The molecule has 0 heterocycles. The fraction of sp³-hybridized carbons (Fsp3) is 0.438. The van der Waals surface area contributed by atoms with Crippen LogP contribution in [0.3, 0.4) is 0 Å². The minimum absolute atomic E-state index is 0.0600. The van der Waals surface area contributed by atoms with Gasteiger partial charge in [0.2, 0.25) is 5.91 Å². The lowest BCUT2D eigenvalue weighted by atomic mass is 10.1. The third-order valence-corrected chi connectivity index (χ3v) is 3.99. The Kier molecular flexibility index (Phi) is 5.26. The molecule has 1 unspecified atom stereocenters. The van der Waals surface area contributed by atoms with Crippen LogP contribution in [-0.4, -0.2) is 40.4 Å². The zero-order valence-corrected chi connectivity index (χ0v) is 13.8. The van der Waals surface area contributed by atoms with Crippen molar-refractivity contribution in [2.45, 2.75) is 32.7 Å². The van der Waals surface area contributed by atoms with Crippen LogP contribution in [0.1, 0.15) is 37.0 Å². The van der Waals surface area contributed by atoms with E-state index in [9.17, 15) is 14.4 Å². The van der Waals surface area contributed by atoms with E-state index in [4.69, 9.17) is 16.7 Å². The van der Waals surface area contributed by atoms with Gasteiger partial charge in [0.1, 0.15) is 0 Å². The molecular formula is C16H19ClN2O4. The molecule has 1 aromatic carbocycles. The minimum Gasteiger partial charge on any atom is -0.481 e. The highest BCUT2D eigenvalue weighted by Crippen LogP contribution is 2.31. The molecule has 0 bridgehead atoms. The van der Waals surface area contributed by atoms with Crippen LogP contribution in [0, 0.1) is 5.92 Å². The Labute approximate surface area is 139 Å². The normalized spacial score (nSPS) is 14.9. The summed E-state index contributed by atoms with van der Waals surface area (Å²) < 4.78 is 0. The summed E-state index contributed by atoms with van der Waals surface area (Å²) in [5.41, 5.74) is 0.745. The van der Waals surface area contributed by atoms with E-state index in [1.165, 1.54) is 13.0 Å². The van der Waals surface area contributed by atoms with E-state index in [-0.39, 0.29) is 35.0 Å². The van der Waals surface area contributed by atoms with Gasteiger partial charge in [0, 0.05) is 25.2 Å². The number of aliphatic carboxylic acids is 1. The first-order valence-corrected chi connectivity index (χ1v) is 7.78. The number of carboxylic acids is 1. The summed E-state index contributed by atoms with van der Waals surface area (Å²) in [5, 5.41) is 12.0. The van der Waals surface area contributed by atoms with Gasteiger partial charge in [0.15, 0.2) is 0 Å². The van der Waals surface area contributed by atoms with E-state index < -0.39 is 11.9 Å². The van der Waals surface area contributed by atoms with E-state index >= 15 is 0 Å². The number of nitrogens with one attached hydrogen (secondary N) is 1. The highest BCUT2D eigenvalue weighted by Gasteiger charge is 2.35. The number of hydrogen-bond acceptors (Lipinski definition) is 3. The monoisotopic (exact) mass is 338 g/mol. The van der Waals surface area contributed by atoms with E-state index in [0.717, 1.165) is 12.8 Å². The van der Waals surface area contributed by atoms with Crippen LogP contribution >= 0.6 is 11.6 Å². The Balaban J connectivity index is 2.25.